The molecule has 0 aromatic heterocycles. The summed E-state index contributed by atoms with van der Waals surface area (Å²) < 4.78 is 18.8. The molecule has 1 unspecified atom stereocenters. The van der Waals surface area contributed by atoms with Gasteiger partial charge in [0.15, 0.2) is 17.3 Å². The Morgan fingerprint density at radius 2 is 2.31 bits per heavy atom. The molecule has 0 radical (unpaired) electrons. The maximum atomic E-state index is 13.9. The van der Waals surface area contributed by atoms with Gasteiger partial charge in [0.05, 0.1) is 12.4 Å². The fourth-order valence-corrected chi connectivity index (χ4v) is 3.03. The minimum absolute atomic E-state index is 0.0275. The van der Waals surface area contributed by atoms with Crippen LogP contribution < -0.4 is 4.74 Å². The molecule has 1 aromatic rings. The van der Waals surface area contributed by atoms with E-state index in [1.165, 1.54) is 24.9 Å². The van der Waals surface area contributed by atoms with Crippen molar-refractivity contribution >= 4 is 17.5 Å². The number of ether oxygens (including phenoxy) is 1. The van der Waals surface area contributed by atoms with E-state index in [0.717, 1.165) is 6.42 Å². The minimum atomic E-state index is -0.393. The van der Waals surface area contributed by atoms with E-state index in [-0.39, 0.29) is 16.8 Å². The summed E-state index contributed by atoms with van der Waals surface area (Å²) in [6.45, 7) is 1.97. The van der Waals surface area contributed by atoms with E-state index in [1.807, 2.05) is 6.92 Å². The third kappa shape index (κ3) is 1.71. The monoisotopic (exact) mass is 240 g/mol. The number of fused-ring (bicyclic) bond motifs is 1. The fourth-order valence-electron chi connectivity index (χ4n) is 1.87. The van der Waals surface area contributed by atoms with Crippen molar-refractivity contribution in [1.82, 2.24) is 0 Å². The molecule has 1 aliphatic rings. The Morgan fingerprint density at radius 1 is 1.56 bits per heavy atom. The van der Waals surface area contributed by atoms with E-state index in [2.05, 4.69) is 0 Å². The lowest BCUT2D eigenvalue weighted by Gasteiger charge is -2.22. The zero-order valence-corrected chi connectivity index (χ0v) is 10.1. The number of hydrogen-bond acceptors (Lipinski definition) is 3. The Labute approximate surface area is 98.2 Å². The summed E-state index contributed by atoms with van der Waals surface area (Å²) in [5.41, 5.74) is 1.00. The predicted octanol–water partition coefficient (Wildman–Crippen LogP) is 3.04. The van der Waals surface area contributed by atoms with Crippen LogP contribution in [-0.2, 0) is 5.75 Å². The molecule has 0 N–H and O–H groups in total. The summed E-state index contributed by atoms with van der Waals surface area (Å²) in [7, 11) is 1.43. The van der Waals surface area contributed by atoms with Crippen LogP contribution in [0.4, 0.5) is 4.39 Å². The molecule has 4 heteroatoms. The molecule has 1 atom stereocenters. The zero-order chi connectivity index (χ0) is 11.7. The Kier molecular flexibility index (Phi) is 3.19. The molecule has 86 valence electrons. The van der Waals surface area contributed by atoms with Crippen molar-refractivity contribution in [1.29, 1.82) is 0 Å². The number of ketones is 1. The zero-order valence-electron chi connectivity index (χ0n) is 9.25. The van der Waals surface area contributed by atoms with Crippen LogP contribution in [0, 0.1) is 5.82 Å². The molecule has 1 aromatic carbocycles. The van der Waals surface area contributed by atoms with Crippen LogP contribution in [0.15, 0.2) is 12.1 Å². The SMILES string of the molecule is CCC1SCc2c(ccc(OC)c2F)C1=O. The summed E-state index contributed by atoms with van der Waals surface area (Å²) in [5, 5.41) is -0.0275. The van der Waals surface area contributed by atoms with Crippen molar-refractivity contribution in [3.8, 4) is 5.75 Å². The quantitative estimate of drug-likeness (QED) is 0.794. The Hall–Kier alpha value is -1.03. The van der Waals surface area contributed by atoms with Gasteiger partial charge in [0.2, 0.25) is 0 Å². The van der Waals surface area contributed by atoms with E-state index in [1.54, 1.807) is 6.07 Å². The van der Waals surface area contributed by atoms with Crippen LogP contribution in [0.2, 0.25) is 0 Å². The van der Waals surface area contributed by atoms with Gasteiger partial charge in [-0.1, -0.05) is 6.92 Å². The van der Waals surface area contributed by atoms with Gasteiger partial charge in [-0.3, -0.25) is 4.79 Å². The first-order valence-corrected chi connectivity index (χ1v) is 6.25. The summed E-state index contributed by atoms with van der Waals surface area (Å²) in [6, 6.07) is 3.19. The number of thioether (sulfide) groups is 1. The van der Waals surface area contributed by atoms with Gasteiger partial charge in [0, 0.05) is 16.9 Å². The number of carbonyl (C=O) groups is 1. The van der Waals surface area contributed by atoms with Gasteiger partial charge >= 0.3 is 0 Å². The number of hydrogen-bond donors (Lipinski definition) is 0. The Balaban J connectivity index is 2.48. The van der Waals surface area contributed by atoms with Crippen molar-refractivity contribution in [3.05, 3.63) is 29.1 Å². The van der Waals surface area contributed by atoms with Crippen LogP contribution in [0.3, 0.4) is 0 Å². The molecular formula is C12H13FO2S. The highest BCUT2D eigenvalue weighted by Gasteiger charge is 2.29. The van der Waals surface area contributed by atoms with Crippen LogP contribution in [0.5, 0.6) is 5.75 Å². The van der Waals surface area contributed by atoms with Crippen LogP contribution >= 0.6 is 11.8 Å². The maximum Gasteiger partial charge on any atom is 0.176 e. The van der Waals surface area contributed by atoms with Gasteiger partial charge in [-0.05, 0) is 18.6 Å². The van der Waals surface area contributed by atoms with Crippen LogP contribution in [0.25, 0.3) is 0 Å². The molecular weight excluding hydrogens is 227 g/mol. The van der Waals surface area contributed by atoms with Gasteiger partial charge in [-0.25, -0.2) is 4.39 Å². The second-order valence-electron chi connectivity index (χ2n) is 3.68. The molecule has 0 saturated heterocycles. The van der Waals surface area contributed by atoms with Crippen LogP contribution in [0.1, 0.15) is 29.3 Å². The molecule has 0 saturated carbocycles. The summed E-state index contributed by atoms with van der Waals surface area (Å²) >= 11 is 1.50. The van der Waals surface area contributed by atoms with Crippen molar-refractivity contribution in [2.24, 2.45) is 0 Å². The number of methoxy groups -OCH3 is 1. The molecule has 0 spiro atoms. The molecule has 1 aliphatic heterocycles. The highest BCUT2D eigenvalue weighted by molar-refractivity contribution is 8.00. The van der Waals surface area contributed by atoms with Crippen LogP contribution in [-0.4, -0.2) is 18.1 Å². The lowest BCUT2D eigenvalue weighted by molar-refractivity contribution is 0.0985. The summed E-state index contributed by atoms with van der Waals surface area (Å²) in [5.74, 6) is 0.399. The topological polar surface area (TPSA) is 26.3 Å². The minimum Gasteiger partial charge on any atom is -0.494 e. The van der Waals surface area contributed by atoms with E-state index >= 15 is 0 Å². The summed E-state index contributed by atoms with van der Waals surface area (Å²) in [4.78, 5) is 12.0. The molecule has 16 heavy (non-hydrogen) atoms. The van der Waals surface area contributed by atoms with Gasteiger partial charge in [0.25, 0.3) is 0 Å². The maximum absolute atomic E-state index is 13.9. The second-order valence-corrected chi connectivity index (χ2v) is 4.87. The first-order valence-electron chi connectivity index (χ1n) is 5.20. The Bertz CT molecular complexity index is 431. The molecule has 0 bridgehead atoms. The second kappa shape index (κ2) is 4.45. The van der Waals surface area contributed by atoms with E-state index < -0.39 is 5.82 Å². The standard InChI is InChI=1S/C12H13FO2S/c1-3-10-12(14)7-4-5-9(15-2)11(13)8(7)6-16-10/h4-5,10H,3,6H2,1-2H3. The summed E-state index contributed by atoms with van der Waals surface area (Å²) in [6.07, 6.45) is 0.788. The average molecular weight is 240 g/mol. The van der Waals surface area contributed by atoms with Crippen molar-refractivity contribution in [2.75, 3.05) is 7.11 Å². The molecule has 1 heterocycles. The van der Waals surface area contributed by atoms with Crippen molar-refractivity contribution in [2.45, 2.75) is 24.3 Å². The first kappa shape index (κ1) is 11.5. The number of carbonyl (C=O) groups excluding carboxylic acids is 1. The predicted molar refractivity (Wildman–Crippen MR) is 62.7 cm³/mol. The van der Waals surface area contributed by atoms with Gasteiger partial charge in [0.1, 0.15) is 0 Å². The molecule has 0 fully saturated rings. The van der Waals surface area contributed by atoms with E-state index in [0.29, 0.717) is 16.9 Å². The number of halogens is 1. The molecule has 0 amide bonds. The first-order chi connectivity index (χ1) is 7.69. The molecule has 0 aliphatic carbocycles. The van der Waals surface area contributed by atoms with E-state index in [4.69, 9.17) is 4.74 Å². The molecule has 2 rings (SSSR count). The number of rotatable bonds is 2. The van der Waals surface area contributed by atoms with Crippen molar-refractivity contribution in [3.63, 3.8) is 0 Å². The van der Waals surface area contributed by atoms with E-state index in [9.17, 15) is 9.18 Å². The fraction of sp³-hybridized carbons (Fsp3) is 0.417. The Morgan fingerprint density at radius 3 is 2.94 bits per heavy atom. The molecule has 2 nitrogen and oxygen atoms in total. The largest absolute Gasteiger partial charge is 0.494 e. The normalized spacial score (nSPS) is 19.4. The average Bonchev–Trinajstić information content (AvgIpc) is 2.31. The van der Waals surface area contributed by atoms with Gasteiger partial charge in [-0.2, -0.15) is 0 Å². The third-order valence-electron chi connectivity index (χ3n) is 2.79. The number of Topliss-reactive ketones (excluding diaryl/α,β-unsaturated/α-hetero) is 1. The van der Waals surface area contributed by atoms with Crippen molar-refractivity contribution < 1.29 is 13.9 Å². The highest BCUT2D eigenvalue weighted by atomic mass is 32.2. The number of benzene rings is 1. The van der Waals surface area contributed by atoms with Gasteiger partial charge in [-0.15, -0.1) is 11.8 Å². The third-order valence-corrected chi connectivity index (χ3v) is 4.19. The smallest absolute Gasteiger partial charge is 0.176 e. The highest BCUT2D eigenvalue weighted by Crippen LogP contribution is 2.35. The lowest BCUT2D eigenvalue weighted by atomic mass is 10.00. The lowest BCUT2D eigenvalue weighted by Crippen LogP contribution is -2.23. The van der Waals surface area contributed by atoms with Gasteiger partial charge < -0.3 is 4.74 Å².